The van der Waals surface area contributed by atoms with Crippen LogP contribution in [0, 0.1) is 0 Å². The largest absolute Gasteiger partial charge is 0.456 e. The lowest BCUT2D eigenvalue weighted by molar-refractivity contribution is 0.668. The summed E-state index contributed by atoms with van der Waals surface area (Å²) in [5, 5.41) is 8.91. The predicted molar refractivity (Wildman–Crippen MR) is 215 cm³/mol. The standard InChI is InChI=1S/C47H31N3O2/c48-46(32-24-23-30-22-21-29-11-4-5-14-35(29)40(30)26-32)50-47(31-12-2-1-3-13-31)49-28-34-25-33(27-43-44(34)39-16-7-9-20-42(39)51-43)36-17-10-18-38-37-15-6-8-19-41(37)52-45(36)38/h1-27H,28H2,(H2,48,49,50). The Balaban J connectivity index is 1.13. The molecular formula is C47H31N3O2. The van der Waals surface area contributed by atoms with Crippen molar-refractivity contribution in [2.75, 3.05) is 0 Å². The van der Waals surface area contributed by atoms with Crippen LogP contribution in [-0.2, 0) is 6.54 Å². The molecule has 2 aromatic heterocycles. The molecule has 10 aromatic rings. The molecule has 0 amide bonds. The summed E-state index contributed by atoms with van der Waals surface area (Å²) in [7, 11) is 0. The number of nitrogens with two attached hydrogens (primary N) is 1. The van der Waals surface area contributed by atoms with Crippen LogP contribution < -0.4 is 5.73 Å². The highest BCUT2D eigenvalue weighted by molar-refractivity contribution is 6.15. The second-order valence-electron chi connectivity index (χ2n) is 13.1. The van der Waals surface area contributed by atoms with Crippen molar-refractivity contribution in [1.82, 2.24) is 0 Å². The number of hydrogen-bond acceptors (Lipinski definition) is 3. The molecule has 0 spiro atoms. The molecule has 8 aromatic carbocycles. The van der Waals surface area contributed by atoms with E-state index in [4.69, 9.17) is 24.6 Å². The maximum absolute atomic E-state index is 6.81. The number of furan rings is 2. The van der Waals surface area contributed by atoms with Crippen molar-refractivity contribution in [3.05, 3.63) is 180 Å². The Bertz CT molecular complexity index is 3060. The molecule has 0 fully saturated rings. The number of rotatable bonds is 5. The maximum atomic E-state index is 6.81. The van der Waals surface area contributed by atoms with Crippen LogP contribution >= 0.6 is 0 Å². The molecule has 0 unspecified atom stereocenters. The van der Waals surface area contributed by atoms with Gasteiger partial charge >= 0.3 is 0 Å². The van der Waals surface area contributed by atoms with E-state index in [1.54, 1.807) is 0 Å². The van der Waals surface area contributed by atoms with Crippen LogP contribution in [0.15, 0.2) is 183 Å². The van der Waals surface area contributed by atoms with Crippen LogP contribution in [-0.4, -0.2) is 11.7 Å². The lowest BCUT2D eigenvalue weighted by Gasteiger charge is -2.10. The summed E-state index contributed by atoms with van der Waals surface area (Å²) in [5.74, 6) is 0.962. The zero-order chi connectivity index (χ0) is 34.6. The van der Waals surface area contributed by atoms with Gasteiger partial charge in [-0.2, -0.15) is 0 Å². The summed E-state index contributed by atoms with van der Waals surface area (Å²) >= 11 is 0. The van der Waals surface area contributed by atoms with Gasteiger partial charge in [0.2, 0.25) is 0 Å². The highest BCUT2D eigenvalue weighted by atomic mass is 16.3. The molecule has 0 aliphatic carbocycles. The van der Waals surface area contributed by atoms with Gasteiger partial charge in [0.25, 0.3) is 0 Å². The Labute approximate surface area is 299 Å². The number of para-hydroxylation sites is 3. The van der Waals surface area contributed by atoms with Crippen LogP contribution in [0.1, 0.15) is 16.7 Å². The van der Waals surface area contributed by atoms with E-state index in [1.807, 2.05) is 72.8 Å². The van der Waals surface area contributed by atoms with Gasteiger partial charge in [-0.25, -0.2) is 4.99 Å². The van der Waals surface area contributed by atoms with Crippen molar-refractivity contribution in [1.29, 1.82) is 0 Å². The average molecular weight is 670 g/mol. The summed E-state index contributed by atoms with van der Waals surface area (Å²) in [5.41, 5.74) is 14.9. The minimum atomic E-state index is 0.355. The lowest BCUT2D eigenvalue weighted by Crippen LogP contribution is -2.16. The molecule has 0 aliphatic heterocycles. The van der Waals surface area contributed by atoms with E-state index < -0.39 is 0 Å². The Hall–Kier alpha value is -6.98. The quantitative estimate of drug-likeness (QED) is 0.113. The molecule has 5 heteroatoms. The molecule has 0 radical (unpaired) electrons. The summed E-state index contributed by atoms with van der Waals surface area (Å²) in [4.78, 5) is 10.2. The first kappa shape index (κ1) is 29.9. The van der Waals surface area contributed by atoms with Gasteiger partial charge in [-0.05, 0) is 63.0 Å². The van der Waals surface area contributed by atoms with E-state index in [0.717, 1.165) is 82.5 Å². The Kier molecular flexibility index (Phi) is 6.96. The summed E-state index contributed by atoms with van der Waals surface area (Å²) in [6, 6.07) is 55.9. The third kappa shape index (κ3) is 5.02. The van der Waals surface area contributed by atoms with E-state index in [9.17, 15) is 0 Å². The predicted octanol–water partition coefficient (Wildman–Crippen LogP) is 11.8. The Morgan fingerprint density at radius 1 is 0.500 bits per heavy atom. The number of amidine groups is 2. The minimum Gasteiger partial charge on any atom is -0.456 e. The molecule has 0 saturated carbocycles. The third-order valence-corrected chi connectivity index (χ3v) is 9.98. The van der Waals surface area contributed by atoms with Gasteiger partial charge in [-0.15, -0.1) is 0 Å². The van der Waals surface area contributed by atoms with Crippen LogP contribution in [0.25, 0.3) is 76.5 Å². The van der Waals surface area contributed by atoms with Gasteiger partial charge in [0.05, 0.1) is 6.54 Å². The first-order chi connectivity index (χ1) is 25.7. The lowest BCUT2D eigenvalue weighted by atomic mass is 9.97. The van der Waals surface area contributed by atoms with Gasteiger partial charge in [0, 0.05) is 38.2 Å². The molecule has 0 bridgehead atoms. The van der Waals surface area contributed by atoms with Crippen molar-refractivity contribution in [3.63, 3.8) is 0 Å². The second kappa shape index (κ2) is 12.1. The van der Waals surface area contributed by atoms with Crippen LogP contribution in [0.4, 0.5) is 0 Å². The minimum absolute atomic E-state index is 0.355. The number of aliphatic imine (C=N–C) groups is 2. The van der Waals surface area contributed by atoms with Gasteiger partial charge in [-0.1, -0.05) is 133 Å². The van der Waals surface area contributed by atoms with Gasteiger partial charge in [-0.3, -0.25) is 4.99 Å². The van der Waals surface area contributed by atoms with Crippen LogP contribution in [0.5, 0.6) is 0 Å². The molecule has 10 rings (SSSR count). The molecule has 0 aliphatic rings. The number of benzene rings is 8. The SMILES string of the molecule is NC(=NC(=NCc1cc(-c2cccc3c2oc2ccccc23)cc2oc3ccccc3c12)c1ccccc1)c1ccc2ccc3ccccc3c2c1. The number of fused-ring (bicyclic) bond motifs is 9. The van der Waals surface area contributed by atoms with Gasteiger partial charge in [0.15, 0.2) is 5.84 Å². The fraction of sp³-hybridized carbons (Fsp3) is 0.0213. The Morgan fingerprint density at radius 2 is 1.17 bits per heavy atom. The fourth-order valence-corrected chi connectivity index (χ4v) is 7.47. The van der Waals surface area contributed by atoms with Crippen molar-refractivity contribution in [3.8, 4) is 11.1 Å². The molecule has 0 saturated heterocycles. The third-order valence-electron chi connectivity index (χ3n) is 9.98. The zero-order valence-electron chi connectivity index (χ0n) is 28.1. The van der Waals surface area contributed by atoms with E-state index in [1.165, 1.54) is 10.8 Å². The number of hydrogen-bond donors (Lipinski definition) is 1. The fourth-order valence-electron chi connectivity index (χ4n) is 7.47. The summed E-state index contributed by atoms with van der Waals surface area (Å²) in [6.45, 7) is 0.355. The van der Waals surface area contributed by atoms with E-state index in [-0.39, 0.29) is 0 Å². The number of nitrogens with zero attached hydrogens (tertiary/aromatic N) is 2. The van der Waals surface area contributed by atoms with E-state index >= 15 is 0 Å². The average Bonchev–Trinajstić information content (AvgIpc) is 3.78. The zero-order valence-corrected chi connectivity index (χ0v) is 28.1. The first-order valence-electron chi connectivity index (χ1n) is 17.4. The van der Waals surface area contributed by atoms with Crippen molar-refractivity contribution in [2.24, 2.45) is 15.7 Å². The monoisotopic (exact) mass is 669 g/mol. The van der Waals surface area contributed by atoms with E-state index in [0.29, 0.717) is 18.2 Å². The van der Waals surface area contributed by atoms with Crippen LogP contribution in [0.2, 0.25) is 0 Å². The normalized spacial score (nSPS) is 12.6. The topological polar surface area (TPSA) is 77.0 Å². The second-order valence-corrected chi connectivity index (χ2v) is 13.1. The smallest absolute Gasteiger partial charge is 0.157 e. The van der Waals surface area contributed by atoms with Crippen LogP contribution in [0.3, 0.4) is 0 Å². The summed E-state index contributed by atoms with van der Waals surface area (Å²) in [6.07, 6.45) is 0. The molecule has 0 atom stereocenters. The van der Waals surface area contributed by atoms with E-state index in [2.05, 4.69) is 91.0 Å². The molecule has 246 valence electrons. The molecule has 2 heterocycles. The van der Waals surface area contributed by atoms with Gasteiger partial charge in [0.1, 0.15) is 28.2 Å². The highest BCUT2D eigenvalue weighted by Crippen LogP contribution is 2.40. The van der Waals surface area contributed by atoms with Crippen molar-refractivity contribution >= 4 is 77.1 Å². The highest BCUT2D eigenvalue weighted by Gasteiger charge is 2.18. The van der Waals surface area contributed by atoms with Crippen molar-refractivity contribution in [2.45, 2.75) is 6.54 Å². The summed E-state index contributed by atoms with van der Waals surface area (Å²) < 4.78 is 12.9. The van der Waals surface area contributed by atoms with Crippen molar-refractivity contribution < 1.29 is 8.83 Å². The maximum Gasteiger partial charge on any atom is 0.157 e. The first-order valence-corrected chi connectivity index (χ1v) is 17.4. The van der Waals surface area contributed by atoms with Gasteiger partial charge < -0.3 is 14.6 Å². The molecular weight excluding hydrogens is 639 g/mol. The molecule has 5 nitrogen and oxygen atoms in total. The Morgan fingerprint density at radius 3 is 2.02 bits per heavy atom. The molecule has 52 heavy (non-hydrogen) atoms. The molecule has 2 N–H and O–H groups in total.